The molecule has 61 valence electrons. The largest absolute Gasteiger partial charge is 0.679 e. The average molecular weight is 440 g/mol. The summed E-state index contributed by atoms with van der Waals surface area (Å²) < 4.78 is 6.42. The number of nitrogens with zero attached hydrogens (tertiary/aromatic N) is 1. The molecule has 1 radical (unpaired) electrons. The third-order valence-electron chi connectivity index (χ3n) is 1.55. The van der Waals surface area contributed by atoms with Crippen molar-refractivity contribution in [1.29, 1.82) is 0 Å². The number of ether oxygens (including phenoxy) is 1. The molecular formula is C8H7AcBrNO-. The summed E-state index contributed by atoms with van der Waals surface area (Å²) >= 11 is 3.37. The molecule has 1 aromatic rings. The van der Waals surface area contributed by atoms with Gasteiger partial charge in [0.2, 0.25) is 0 Å². The van der Waals surface area contributed by atoms with Crippen LogP contribution >= 0.6 is 15.9 Å². The molecule has 0 saturated heterocycles. The predicted molar refractivity (Wildman–Crippen MR) is 47.5 cm³/mol. The predicted octanol–water partition coefficient (Wildman–Crippen LogP) is 2.85. The molecule has 1 aromatic carbocycles. The minimum atomic E-state index is 0. The Hall–Kier alpha value is 0.742. The molecule has 0 bridgehead atoms. The molecule has 4 heteroatoms. The molecule has 1 heterocycles. The quantitative estimate of drug-likeness (QED) is 0.609. The van der Waals surface area contributed by atoms with Crippen LogP contribution in [0.2, 0.25) is 0 Å². The smallest absolute Gasteiger partial charge is 0.105 e. The maximum Gasteiger partial charge on any atom is 0.105 e. The Kier molecular flexibility index (Phi) is 4.36. The van der Waals surface area contributed by atoms with Crippen LogP contribution in [-0.2, 0) is 0 Å². The molecule has 2 rings (SSSR count). The van der Waals surface area contributed by atoms with E-state index in [2.05, 4.69) is 21.2 Å². The second kappa shape index (κ2) is 4.83. The van der Waals surface area contributed by atoms with Gasteiger partial charge in [0.25, 0.3) is 0 Å². The van der Waals surface area contributed by atoms with Gasteiger partial charge in [-0.3, -0.25) is 0 Å². The number of halogens is 1. The first-order valence-corrected chi connectivity index (χ1v) is 4.25. The second-order valence-corrected chi connectivity index (χ2v) is 3.26. The minimum Gasteiger partial charge on any atom is -0.679 e. The van der Waals surface area contributed by atoms with Crippen LogP contribution in [0.1, 0.15) is 0 Å². The molecule has 1 aliphatic rings. The summed E-state index contributed by atoms with van der Waals surface area (Å²) in [6.45, 7) is 1.47. The number of benzene rings is 1. The van der Waals surface area contributed by atoms with Gasteiger partial charge in [0.05, 0.1) is 6.61 Å². The minimum absolute atomic E-state index is 0. The van der Waals surface area contributed by atoms with Crippen molar-refractivity contribution >= 4 is 21.6 Å². The maximum atomic E-state index is 5.38. The van der Waals surface area contributed by atoms with Crippen LogP contribution in [0.25, 0.3) is 5.32 Å². The Balaban J connectivity index is 0.000000720. The third kappa shape index (κ3) is 2.37. The molecule has 0 unspecified atom stereocenters. The van der Waals surface area contributed by atoms with Crippen molar-refractivity contribution in [1.82, 2.24) is 0 Å². The first-order valence-electron chi connectivity index (χ1n) is 3.46. The van der Waals surface area contributed by atoms with Gasteiger partial charge in [-0.1, -0.05) is 34.2 Å². The van der Waals surface area contributed by atoms with Gasteiger partial charge in [0, 0.05) is 48.5 Å². The molecule has 2 nitrogen and oxygen atoms in total. The Morgan fingerprint density at radius 1 is 1.42 bits per heavy atom. The zero-order chi connectivity index (χ0) is 7.68. The SMILES string of the molecule is Brc1ccc2c(c1)OCC[N-]2.[Ac]. The van der Waals surface area contributed by atoms with Crippen LogP contribution < -0.4 is 4.74 Å². The van der Waals surface area contributed by atoms with Crippen molar-refractivity contribution in [3.05, 3.63) is 28.0 Å². The van der Waals surface area contributed by atoms with E-state index < -0.39 is 0 Å². The van der Waals surface area contributed by atoms with Gasteiger partial charge in [-0.15, -0.1) is 0 Å². The van der Waals surface area contributed by atoms with Gasteiger partial charge in [-0.2, -0.15) is 0 Å². The number of hydrogen-bond acceptors (Lipinski definition) is 1. The van der Waals surface area contributed by atoms with E-state index in [1.54, 1.807) is 0 Å². The van der Waals surface area contributed by atoms with Gasteiger partial charge < -0.3 is 10.1 Å². The van der Waals surface area contributed by atoms with Crippen molar-refractivity contribution in [2.24, 2.45) is 0 Å². The van der Waals surface area contributed by atoms with Crippen LogP contribution in [0.3, 0.4) is 0 Å². The van der Waals surface area contributed by atoms with E-state index in [1.807, 2.05) is 18.2 Å². The van der Waals surface area contributed by atoms with Crippen molar-refractivity contribution < 1.29 is 48.8 Å². The molecule has 0 spiro atoms. The van der Waals surface area contributed by atoms with Gasteiger partial charge in [0.15, 0.2) is 0 Å². The molecule has 0 aliphatic carbocycles. The van der Waals surface area contributed by atoms with E-state index >= 15 is 0 Å². The summed E-state index contributed by atoms with van der Waals surface area (Å²) in [5.74, 6) is 0.880. The number of fused-ring (bicyclic) bond motifs is 1. The van der Waals surface area contributed by atoms with Crippen LogP contribution in [-0.4, -0.2) is 13.2 Å². The van der Waals surface area contributed by atoms with Crippen LogP contribution in [0.4, 0.5) is 5.69 Å². The molecule has 0 aromatic heterocycles. The van der Waals surface area contributed by atoms with Crippen LogP contribution in [0, 0.1) is 44.1 Å². The topological polar surface area (TPSA) is 23.3 Å². The monoisotopic (exact) mass is 439 g/mol. The van der Waals surface area contributed by atoms with Gasteiger partial charge in [0.1, 0.15) is 5.75 Å². The fourth-order valence-electron chi connectivity index (χ4n) is 1.06. The molecule has 0 N–H and O–H groups in total. The fraction of sp³-hybridized carbons (Fsp3) is 0.250. The fourth-order valence-corrected chi connectivity index (χ4v) is 1.40. The standard InChI is InChI=1S/C8H7BrNO.Ac/c9-6-1-2-7-8(5-6)11-4-3-10-7;/h1-2,5H,3-4H2;/q-1;. The van der Waals surface area contributed by atoms with Crippen LogP contribution in [0.15, 0.2) is 22.7 Å². The van der Waals surface area contributed by atoms with Crippen molar-refractivity contribution in [3.8, 4) is 5.75 Å². The third-order valence-corrected chi connectivity index (χ3v) is 2.05. The van der Waals surface area contributed by atoms with Gasteiger partial charge >= 0.3 is 0 Å². The summed E-state index contributed by atoms with van der Waals surface area (Å²) in [7, 11) is 0. The normalized spacial score (nSPS) is 13.4. The number of rotatable bonds is 0. The number of hydrogen-bond donors (Lipinski definition) is 0. The molecular weight excluding hydrogens is 433 g/mol. The summed E-state index contributed by atoms with van der Waals surface area (Å²) in [6, 6.07) is 5.87. The first-order chi connectivity index (χ1) is 5.36. The van der Waals surface area contributed by atoms with E-state index in [1.165, 1.54) is 0 Å². The van der Waals surface area contributed by atoms with Gasteiger partial charge in [-0.25, -0.2) is 0 Å². The van der Waals surface area contributed by atoms with Crippen LogP contribution in [0.5, 0.6) is 5.75 Å². The van der Waals surface area contributed by atoms with E-state index in [0.717, 1.165) is 22.5 Å². The Bertz CT molecular complexity index is 280. The second-order valence-electron chi connectivity index (χ2n) is 2.34. The molecule has 0 atom stereocenters. The van der Waals surface area contributed by atoms with E-state index in [9.17, 15) is 0 Å². The van der Waals surface area contributed by atoms with Crippen molar-refractivity contribution in [2.75, 3.05) is 13.2 Å². The van der Waals surface area contributed by atoms with E-state index in [-0.39, 0.29) is 44.1 Å². The zero-order valence-electron chi connectivity index (χ0n) is 6.46. The Morgan fingerprint density at radius 3 is 3.08 bits per heavy atom. The molecule has 1 aliphatic heterocycles. The molecule has 12 heavy (non-hydrogen) atoms. The van der Waals surface area contributed by atoms with E-state index in [4.69, 9.17) is 4.74 Å². The summed E-state index contributed by atoms with van der Waals surface area (Å²) in [5.41, 5.74) is 0.958. The summed E-state index contributed by atoms with van der Waals surface area (Å²) in [6.07, 6.45) is 0. The molecule has 0 fully saturated rings. The summed E-state index contributed by atoms with van der Waals surface area (Å²) in [4.78, 5) is 0. The average Bonchev–Trinajstić information content (AvgIpc) is 2.04. The Labute approximate surface area is 116 Å². The first kappa shape index (κ1) is 10.8. The molecule has 0 saturated carbocycles. The maximum absolute atomic E-state index is 5.38. The van der Waals surface area contributed by atoms with Gasteiger partial charge in [-0.05, 0) is 12.1 Å². The Morgan fingerprint density at radius 2 is 2.25 bits per heavy atom. The van der Waals surface area contributed by atoms with Crippen molar-refractivity contribution in [3.63, 3.8) is 0 Å². The van der Waals surface area contributed by atoms with E-state index in [0.29, 0.717) is 6.61 Å². The zero-order valence-corrected chi connectivity index (χ0v) is 12.8. The summed E-state index contributed by atoms with van der Waals surface area (Å²) in [5, 5.41) is 4.29. The molecule has 0 amide bonds. The van der Waals surface area contributed by atoms with Crippen molar-refractivity contribution in [2.45, 2.75) is 0 Å².